The van der Waals surface area contributed by atoms with Gasteiger partial charge in [0.15, 0.2) is 0 Å². The molecule has 1 aromatic carbocycles. The van der Waals surface area contributed by atoms with Crippen LogP contribution in [0.5, 0.6) is 5.75 Å². The highest BCUT2D eigenvalue weighted by molar-refractivity contribution is 6.18. The zero-order valence-electron chi connectivity index (χ0n) is 7.13. The maximum atomic E-state index is 13.2. The lowest BCUT2D eigenvalue weighted by molar-refractivity contribution is 0.197. The molecule has 0 fully saturated rings. The average molecular weight is 205 g/mol. The number of ether oxygens (including phenoxy) is 1. The van der Waals surface area contributed by atoms with Crippen LogP contribution in [0, 0.1) is 5.82 Å². The van der Waals surface area contributed by atoms with E-state index in [9.17, 15) is 9.50 Å². The van der Waals surface area contributed by atoms with Crippen LogP contribution in [-0.2, 0) is 0 Å². The summed E-state index contributed by atoms with van der Waals surface area (Å²) in [4.78, 5) is 0. The average Bonchev–Trinajstić information content (AvgIpc) is 2.16. The fourth-order valence-corrected chi connectivity index (χ4v) is 1.15. The molecule has 0 bridgehead atoms. The van der Waals surface area contributed by atoms with Crippen molar-refractivity contribution in [1.82, 2.24) is 0 Å². The van der Waals surface area contributed by atoms with E-state index in [0.29, 0.717) is 5.75 Å². The lowest BCUT2D eigenvalue weighted by atomic mass is 10.1. The largest absolute Gasteiger partial charge is 0.497 e. The van der Waals surface area contributed by atoms with Crippen LogP contribution in [0.1, 0.15) is 11.7 Å². The zero-order chi connectivity index (χ0) is 9.84. The van der Waals surface area contributed by atoms with E-state index in [0.717, 1.165) is 0 Å². The second-order valence-corrected chi connectivity index (χ2v) is 2.87. The van der Waals surface area contributed by atoms with Crippen molar-refractivity contribution in [2.75, 3.05) is 13.0 Å². The molecule has 72 valence electrons. The van der Waals surface area contributed by atoms with E-state index in [-0.39, 0.29) is 11.4 Å². The van der Waals surface area contributed by atoms with Gasteiger partial charge in [0.1, 0.15) is 11.6 Å². The van der Waals surface area contributed by atoms with Crippen LogP contribution in [0.25, 0.3) is 0 Å². The standard InChI is InChI=1S/C9H10ClFO2/c1-13-6-2-3-7(8(11)4-6)9(12)5-10/h2-4,9,12H,5H2,1H3/t9-/m1/s1. The second kappa shape index (κ2) is 4.44. The SMILES string of the molecule is COc1ccc([C@H](O)CCl)c(F)c1. The molecule has 0 aliphatic heterocycles. The molecule has 2 nitrogen and oxygen atoms in total. The number of rotatable bonds is 3. The normalized spacial score (nSPS) is 12.6. The molecule has 0 radical (unpaired) electrons. The minimum atomic E-state index is -0.965. The summed E-state index contributed by atoms with van der Waals surface area (Å²) in [6, 6.07) is 4.25. The van der Waals surface area contributed by atoms with Gasteiger partial charge in [0.2, 0.25) is 0 Å². The first kappa shape index (κ1) is 10.3. The summed E-state index contributed by atoms with van der Waals surface area (Å²) in [6.45, 7) is 0. The van der Waals surface area contributed by atoms with Crippen LogP contribution >= 0.6 is 11.6 Å². The number of halogens is 2. The van der Waals surface area contributed by atoms with Gasteiger partial charge in [-0.3, -0.25) is 0 Å². The number of aliphatic hydroxyl groups excluding tert-OH is 1. The summed E-state index contributed by atoms with van der Waals surface area (Å²) in [5.41, 5.74) is 0.191. The van der Waals surface area contributed by atoms with Crippen molar-refractivity contribution >= 4 is 11.6 Å². The van der Waals surface area contributed by atoms with Crippen LogP contribution in [-0.4, -0.2) is 18.1 Å². The first-order chi connectivity index (χ1) is 6.19. The number of alkyl halides is 1. The third-order valence-electron chi connectivity index (χ3n) is 1.71. The van der Waals surface area contributed by atoms with Gasteiger partial charge in [-0.25, -0.2) is 4.39 Å². The molecule has 0 aliphatic carbocycles. The summed E-state index contributed by atoms with van der Waals surface area (Å²) < 4.78 is 18.0. The molecule has 4 heteroatoms. The summed E-state index contributed by atoms with van der Waals surface area (Å²) >= 11 is 5.38. The molecule has 1 rings (SSSR count). The molecular weight excluding hydrogens is 195 g/mol. The maximum absolute atomic E-state index is 13.2. The molecule has 1 atom stereocenters. The van der Waals surface area contributed by atoms with Gasteiger partial charge in [0, 0.05) is 11.6 Å². The number of methoxy groups -OCH3 is 1. The van der Waals surface area contributed by atoms with Gasteiger partial charge in [-0.15, -0.1) is 11.6 Å². The lowest BCUT2D eigenvalue weighted by Gasteiger charge is -2.09. The van der Waals surface area contributed by atoms with Gasteiger partial charge in [-0.1, -0.05) is 0 Å². The summed E-state index contributed by atoms with van der Waals surface area (Å²) in [7, 11) is 1.45. The van der Waals surface area contributed by atoms with E-state index < -0.39 is 11.9 Å². The Morgan fingerprint density at radius 3 is 2.77 bits per heavy atom. The fraction of sp³-hybridized carbons (Fsp3) is 0.333. The van der Waals surface area contributed by atoms with E-state index in [2.05, 4.69) is 0 Å². The molecule has 13 heavy (non-hydrogen) atoms. The van der Waals surface area contributed by atoms with Gasteiger partial charge in [-0.05, 0) is 12.1 Å². The molecule has 1 aromatic rings. The molecular formula is C9H10ClFO2. The molecule has 0 amide bonds. The van der Waals surface area contributed by atoms with Crippen molar-refractivity contribution in [2.45, 2.75) is 6.10 Å². The van der Waals surface area contributed by atoms with Crippen molar-refractivity contribution in [3.63, 3.8) is 0 Å². The van der Waals surface area contributed by atoms with E-state index in [1.165, 1.54) is 19.2 Å². The lowest BCUT2D eigenvalue weighted by Crippen LogP contribution is -2.01. The molecule has 0 aliphatic rings. The summed E-state index contributed by atoms with van der Waals surface area (Å²) in [5.74, 6) is -0.112. The Balaban J connectivity index is 2.98. The number of hydrogen-bond donors (Lipinski definition) is 1. The predicted octanol–water partition coefficient (Wildman–Crippen LogP) is 2.11. The number of hydrogen-bond acceptors (Lipinski definition) is 2. The second-order valence-electron chi connectivity index (χ2n) is 2.56. The Morgan fingerprint density at radius 2 is 2.31 bits per heavy atom. The Bertz CT molecular complexity index is 291. The summed E-state index contributed by atoms with van der Waals surface area (Å²) in [5, 5.41) is 9.26. The van der Waals surface area contributed by atoms with E-state index in [1.807, 2.05) is 0 Å². The summed E-state index contributed by atoms with van der Waals surface area (Å²) in [6.07, 6.45) is -0.965. The van der Waals surface area contributed by atoms with Gasteiger partial charge in [0.05, 0.1) is 19.1 Å². The Hall–Kier alpha value is -0.800. The Labute approximate surface area is 80.9 Å². The predicted molar refractivity (Wildman–Crippen MR) is 48.6 cm³/mol. The van der Waals surface area contributed by atoms with Crippen molar-refractivity contribution in [3.8, 4) is 5.75 Å². The van der Waals surface area contributed by atoms with E-state index in [4.69, 9.17) is 16.3 Å². The zero-order valence-corrected chi connectivity index (χ0v) is 7.88. The van der Waals surface area contributed by atoms with Crippen molar-refractivity contribution < 1.29 is 14.2 Å². The van der Waals surface area contributed by atoms with Crippen LogP contribution in [0.4, 0.5) is 4.39 Å². The minimum Gasteiger partial charge on any atom is -0.497 e. The first-order valence-electron chi connectivity index (χ1n) is 3.76. The molecule has 0 heterocycles. The first-order valence-corrected chi connectivity index (χ1v) is 4.30. The van der Waals surface area contributed by atoms with Crippen molar-refractivity contribution in [1.29, 1.82) is 0 Å². The van der Waals surface area contributed by atoms with E-state index in [1.54, 1.807) is 6.07 Å². The number of benzene rings is 1. The molecule has 0 saturated carbocycles. The third kappa shape index (κ3) is 2.32. The maximum Gasteiger partial charge on any atom is 0.132 e. The quantitative estimate of drug-likeness (QED) is 0.765. The minimum absolute atomic E-state index is 0.0246. The highest BCUT2D eigenvalue weighted by Crippen LogP contribution is 2.22. The molecule has 0 saturated heterocycles. The van der Waals surface area contributed by atoms with Gasteiger partial charge in [-0.2, -0.15) is 0 Å². The smallest absolute Gasteiger partial charge is 0.132 e. The highest BCUT2D eigenvalue weighted by atomic mass is 35.5. The number of aliphatic hydroxyl groups is 1. The van der Waals surface area contributed by atoms with Crippen molar-refractivity contribution in [2.24, 2.45) is 0 Å². The van der Waals surface area contributed by atoms with Crippen LogP contribution in [0.3, 0.4) is 0 Å². The third-order valence-corrected chi connectivity index (χ3v) is 2.01. The van der Waals surface area contributed by atoms with Gasteiger partial charge >= 0.3 is 0 Å². The van der Waals surface area contributed by atoms with Gasteiger partial charge in [0.25, 0.3) is 0 Å². The monoisotopic (exact) mass is 204 g/mol. The Kier molecular flexibility index (Phi) is 3.51. The molecule has 1 N–H and O–H groups in total. The molecule has 0 spiro atoms. The molecule has 0 aromatic heterocycles. The van der Waals surface area contributed by atoms with Gasteiger partial charge < -0.3 is 9.84 Å². The fourth-order valence-electron chi connectivity index (χ4n) is 0.988. The topological polar surface area (TPSA) is 29.5 Å². The highest BCUT2D eigenvalue weighted by Gasteiger charge is 2.11. The van der Waals surface area contributed by atoms with Crippen LogP contribution < -0.4 is 4.74 Å². The van der Waals surface area contributed by atoms with E-state index >= 15 is 0 Å². The van der Waals surface area contributed by atoms with Crippen molar-refractivity contribution in [3.05, 3.63) is 29.6 Å². The Morgan fingerprint density at radius 1 is 1.62 bits per heavy atom. The molecule has 0 unspecified atom stereocenters. The van der Waals surface area contributed by atoms with Crippen LogP contribution in [0.15, 0.2) is 18.2 Å². The van der Waals surface area contributed by atoms with Crippen LogP contribution in [0.2, 0.25) is 0 Å².